The summed E-state index contributed by atoms with van der Waals surface area (Å²) in [5, 5.41) is 21.4. The Morgan fingerprint density at radius 2 is 1.88 bits per heavy atom. The Hall–Kier alpha value is -4.62. The lowest BCUT2D eigenvalue weighted by molar-refractivity contribution is -0.362. The first-order chi connectivity index (χ1) is 15.5. The SMILES string of the molecule is Cc1cc(/C=C/C#N)cc(C)c1-c1cc(F)cc2c[nH+]c(Nc3ccc(C#N)cn3)nc12. The van der Waals surface area contributed by atoms with Crippen LogP contribution < -0.4 is 10.3 Å². The number of benzene rings is 2. The van der Waals surface area contributed by atoms with Crippen molar-refractivity contribution in [1.82, 2.24) is 9.97 Å². The van der Waals surface area contributed by atoms with Gasteiger partial charge in [-0.3, -0.25) is 0 Å². The predicted molar refractivity (Wildman–Crippen MR) is 120 cm³/mol. The van der Waals surface area contributed by atoms with E-state index in [0.717, 1.165) is 22.3 Å². The normalized spacial score (nSPS) is 10.8. The molecule has 0 bridgehead atoms. The summed E-state index contributed by atoms with van der Waals surface area (Å²) < 4.78 is 14.5. The molecule has 0 atom stereocenters. The van der Waals surface area contributed by atoms with Crippen LogP contribution in [0.5, 0.6) is 0 Å². The summed E-state index contributed by atoms with van der Waals surface area (Å²) in [6.45, 7) is 3.91. The van der Waals surface area contributed by atoms with Gasteiger partial charge in [0.05, 0.1) is 23.2 Å². The van der Waals surface area contributed by atoms with Crippen molar-refractivity contribution >= 4 is 28.7 Å². The van der Waals surface area contributed by atoms with E-state index >= 15 is 0 Å². The smallest absolute Gasteiger partial charge is 0.248 e. The van der Waals surface area contributed by atoms with Crippen LogP contribution >= 0.6 is 0 Å². The van der Waals surface area contributed by atoms with Gasteiger partial charge in [-0.25, -0.2) is 19.7 Å². The third-order valence-corrected chi connectivity index (χ3v) is 5.01. The number of pyridine rings is 1. The van der Waals surface area contributed by atoms with E-state index in [4.69, 9.17) is 10.5 Å². The van der Waals surface area contributed by atoms with Crippen molar-refractivity contribution in [2.24, 2.45) is 0 Å². The first kappa shape index (κ1) is 20.6. The van der Waals surface area contributed by atoms with Gasteiger partial charge in [0.1, 0.15) is 11.9 Å². The van der Waals surface area contributed by atoms with Crippen molar-refractivity contribution < 1.29 is 9.37 Å². The molecule has 2 aromatic carbocycles. The highest BCUT2D eigenvalue weighted by molar-refractivity contribution is 5.95. The lowest BCUT2D eigenvalue weighted by Gasteiger charge is -2.13. The molecule has 0 spiro atoms. The molecule has 2 N–H and O–H groups in total. The van der Waals surface area contributed by atoms with E-state index in [9.17, 15) is 4.39 Å². The third kappa shape index (κ3) is 4.14. The van der Waals surface area contributed by atoms with E-state index in [2.05, 4.69) is 20.3 Å². The quantitative estimate of drug-likeness (QED) is 0.467. The lowest BCUT2D eigenvalue weighted by atomic mass is 9.92. The largest absolute Gasteiger partial charge is 0.395 e. The molecule has 0 aliphatic carbocycles. The maximum Gasteiger partial charge on any atom is 0.395 e. The van der Waals surface area contributed by atoms with Gasteiger partial charge in [0.15, 0.2) is 11.3 Å². The van der Waals surface area contributed by atoms with Gasteiger partial charge in [0.2, 0.25) is 0 Å². The van der Waals surface area contributed by atoms with E-state index in [1.807, 2.05) is 38.1 Å². The number of nitriles is 2. The zero-order valence-corrected chi connectivity index (χ0v) is 17.4. The number of halogens is 1. The number of hydrogen-bond donors (Lipinski definition) is 1. The number of aryl methyl sites for hydroxylation is 2. The summed E-state index contributed by atoms with van der Waals surface area (Å²) in [7, 11) is 0. The molecule has 0 aliphatic heterocycles. The molecule has 0 saturated heterocycles. The Labute approximate surface area is 184 Å². The number of aromatic nitrogens is 3. The Kier molecular flexibility index (Phi) is 5.57. The van der Waals surface area contributed by atoms with Crippen LogP contribution in [-0.4, -0.2) is 9.97 Å². The van der Waals surface area contributed by atoms with Gasteiger partial charge in [0, 0.05) is 17.8 Å². The fourth-order valence-corrected chi connectivity index (χ4v) is 3.71. The minimum absolute atomic E-state index is 0.357. The molecule has 0 radical (unpaired) electrons. The van der Waals surface area contributed by atoms with Crippen molar-refractivity contribution in [2.45, 2.75) is 13.8 Å². The summed E-state index contributed by atoms with van der Waals surface area (Å²) in [4.78, 5) is 11.9. The fraction of sp³-hybridized carbons (Fsp3) is 0.0800. The lowest BCUT2D eigenvalue weighted by Crippen LogP contribution is -2.13. The van der Waals surface area contributed by atoms with Crippen LogP contribution in [0, 0.1) is 42.3 Å². The van der Waals surface area contributed by atoms with Crippen molar-refractivity contribution in [3.05, 3.63) is 82.9 Å². The molecule has 0 fully saturated rings. The van der Waals surface area contributed by atoms with Crippen molar-refractivity contribution in [2.75, 3.05) is 5.32 Å². The van der Waals surface area contributed by atoms with Crippen LogP contribution in [0.15, 0.2) is 54.9 Å². The molecule has 32 heavy (non-hydrogen) atoms. The number of anilines is 2. The Balaban J connectivity index is 1.83. The van der Waals surface area contributed by atoms with Crippen LogP contribution in [0.2, 0.25) is 0 Å². The summed E-state index contributed by atoms with van der Waals surface area (Å²) in [6.07, 6.45) is 6.33. The highest BCUT2D eigenvalue weighted by atomic mass is 19.1. The molecule has 2 heterocycles. The van der Waals surface area contributed by atoms with Crippen molar-refractivity contribution in [3.63, 3.8) is 0 Å². The van der Waals surface area contributed by atoms with Gasteiger partial charge in [-0.15, -0.1) is 0 Å². The first-order valence-corrected chi connectivity index (χ1v) is 9.81. The van der Waals surface area contributed by atoms with Gasteiger partial charge in [0.25, 0.3) is 0 Å². The maximum absolute atomic E-state index is 14.5. The summed E-state index contributed by atoms with van der Waals surface area (Å²) in [5.41, 5.74) is 5.47. The first-order valence-electron chi connectivity index (χ1n) is 9.81. The molecule has 4 rings (SSSR count). The molecule has 0 aliphatic rings. The van der Waals surface area contributed by atoms with E-state index in [-0.39, 0.29) is 5.82 Å². The van der Waals surface area contributed by atoms with Crippen LogP contribution in [0.1, 0.15) is 22.3 Å². The summed E-state index contributed by atoms with van der Waals surface area (Å²) in [5.74, 6) is 0.604. The average molecular weight is 421 g/mol. The van der Waals surface area contributed by atoms with Gasteiger partial charge >= 0.3 is 5.95 Å². The minimum atomic E-state index is -0.357. The Bertz CT molecular complexity index is 1420. The zero-order chi connectivity index (χ0) is 22.7. The van der Waals surface area contributed by atoms with Gasteiger partial charge < -0.3 is 0 Å². The predicted octanol–water partition coefficient (Wildman–Crippen LogP) is 5.02. The highest BCUT2D eigenvalue weighted by Crippen LogP contribution is 2.34. The number of aromatic amines is 1. The Morgan fingerprint density at radius 1 is 1.09 bits per heavy atom. The molecule has 4 aromatic rings. The molecule has 0 unspecified atom stereocenters. The highest BCUT2D eigenvalue weighted by Gasteiger charge is 2.18. The molecule has 7 heteroatoms. The van der Waals surface area contributed by atoms with E-state index in [1.165, 1.54) is 24.4 Å². The fourth-order valence-electron chi connectivity index (χ4n) is 3.71. The molecular weight excluding hydrogens is 403 g/mol. The van der Waals surface area contributed by atoms with Crippen molar-refractivity contribution in [1.29, 1.82) is 10.5 Å². The monoisotopic (exact) mass is 421 g/mol. The van der Waals surface area contributed by atoms with Crippen LogP contribution in [0.3, 0.4) is 0 Å². The third-order valence-electron chi connectivity index (χ3n) is 5.01. The minimum Gasteiger partial charge on any atom is -0.248 e. The second-order valence-electron chi connectivity index (χ2n) is 7.30. The summed E-state index contributed by atoms with van der Waals surface area (Å²) >= 11 is 0. The topological polar surface area (TPSA) is 99.5 Å². The van der Waals surface area contributed by atoms with E-state index in [0.29, 0.717) is 33.8 Å². The second kappa shape index (κ2) is 8.63. The van der Waals surface area contributed by atoms with Crippen LogP contribution in [-0.2, 0) is 0 Å². The van der Waals surface area contributed by atoms with E-state index in [1.54, 1.807) is 24.4 Å². The summed E-state index contributed by atoms with van der Waals surface area (Å²) in [6, 6.07) is 14.2. The molecule has 6 nitrogen and oxygen atoms in total. The number of nitrogens with zero attached hydrogens (tertiary/aromatic N) is 4. The Morgan fingerprint density at radius 3 is 2.53 bits per heavy atom. The molecular formula is C25H18FN6+. The zero-order valence-electron chi connectivity index (χ0n) is 17.4. The average Bonchev–Trinajstić information content (AvgIpc) is 2.78. The number of allylic oxidation sites excluding steroid dienone is 1. The van der Waals surface area contributed by atoms with Crippen LogP contribution in [0.4, 0.5) is 16.2 Å². The molecule has 2 aromatic heterocycles. The van der Waals surface area contributed by atoms with E-state index < -0.39 is 0 Å². The molecule has 0 amide bonds. The van der Waals surface area contributed by atoms with Gasteiger partial charge in [-0.05, 0) is 66.4 Å². The van der Waals surface area contributed by atoms with Crippen LogP contribution in [0.25, 0.3) is 28.1 Å². The van der Waals surface area contributed by atoms with Gasteiger partial charge in [-0.2, -0.15) is 10.5 Å². The number of rotatable bonds is 4. The second-order valence-corrected chi connectivity index (χ2v) is 7.30. The standard InChI is InChI=1S/C25H17FN6/c1-15-8-17(4-3-7-27)9-16(2)23(15)21-11-20(26)10-19-14-30-25(32-24(19)21)31-22-6-5-18(12-28)13-29-22/h3-6,8-11,13-14H,1-2H3,(H,29,30,31,32)/p+1/b4-3+. The number of fused-ring (bicyclic) bond motifs is 1. The maximum atomic E-state index is 14.5. The number of H-pyrrole nitrogens is 1. The number of nitrogens with one attached hydrogen (secondary N) is 2. The molecule has 0 saturated carbocycles. The molecule has 154 valence electrons. The van der Waals surface area contributed by atoms with Gasteiger partial charge in [-0.1, -0.05) is 17.1 Å². The number of hydrogen-bond acceptors (Lipinski definition) is 5. The van der Waals surface area contributed by atoms with Crippen molar-refractivity contribution in [3.8, 4) is 23.3 Å².